The van der Waals surface area contributed by atoms with Crippen LogP contribution in [0.2, 0.25) is 0 Å². The third kappa shape index (κ3) is 54.0. The summed E-state index contributed by atoms with van der Waals surface area (Å²) < 4.78 is 17.5. The van der Waals surface area contributed by atoms with E-state index >= 15 is 0 Å². The molecular formula is C61H108O5. The quantitative estimate of drug-likeness (QED) is 0.0346. The number of ether oxygens (including phenoxy) is 3. The first-order valence-corrected chi connectivity index (χ1v) is 28.5. The Morgan fingerprint density at radius 2 is 0.682 bits per heavy atom. The van der Waals surface area contributed by atoms with Crippen LogP contribution in [0.25, 0.3) is 0 Å². The van der Waals surface area contributed by atoms with Gasteiger partial charge in [-0.1, -0.05) is 229 Å². The summed E-state index contributed by atoms with van der Waals surface area (Å²) in [6.45, 7) is 7.68. The Morgan fingerprint density at radius 3 is 1.14 bits per heavy atom. The molecule has 0 aromatic carbocycles. The smallest absolute Gasteiger partial charge is 0.306 e. The van der Waals surface area contributed by atoms with Crippen LogP contribution in [-0.2, 0) is 23.8 Å². The van der Waals surface area contributed by atoms with Gasteiger partial charge in [-0.05, 0) is 109 Å². The predicted molar refractivity (Wildman–Crippen MR) is 288 cm³/mol. The van der Waals surface area contributed by atoms with Crippen molar-refractivity contribution < 1.29 is 23.8 Å². The van der Waals surface area contributed by atoms with Crippen LogP contribution in [0.1, 0.15) is 278 Å². The summed E-state index contributed by atoms with van der Waals surface area (Å²) in [5.74, 6) is -0.412. The number of unbranched alkanes of at least 4 members (excludes halogenated alkanes) is 29. The maximum atomic E-state index is 12.9. The Balaban J connectivity index is 4.31. The fourth-order valence-electron chi connectivity index (χ4n) is 7.96. The summed E-state index contributed by atoms with van der Waals surface area (Å²) in [6.07, 6.45) is 73.4. The highest BCUT2D eigenvalue weighted by atomic mass is 16.6. The zero-order valence-corrected chi connectivity index (χ0v) is 44.0. The number of rotatable bonds is 52. The van der Waals surface area contributed by atoms with Crippen LogP contribution in [0.3, 0.4) is 0 Å². The van der Waals surface area contributed by atoms with Gasteiger partial charge in [0.25, 0.3) is 0 Å². The largest absolute Gasteiger partial charge is 0.462 e. The van der Waals surface area contributed by atoms with Gasteiger partial charge in [0.05, 0.1) is 6.61 Å². The van der Waals surface area contributed by atoms with E-state index in [1.54, 1.807) is 0 Å². The lowest BCUT2D eigenvalue weighted by molar-refractivity contribution is -0.163. The van der Waals surface area contributed by atoms with Gasteiger partial charge in [0.15, 0.2) is 6.10 Å². The molecule has 66 heavy (non-hydrogen) atoms. The summed E-state index contributed by atoms with van der Waals surface area (Å²) in [5.41, 5.74) is 0. The van der Waals surface area contributed by atoms with Gasteiger partial charge in [0.2, 0.25) is 0 Å². The zero-order chi connectivity index (χ0) is 47.7. The molecule has 1 atom stereocenters. The molecule has 0 amide bonds. The average molecular weight is 922 g/mol. The van der Waals surface area contributed by atoms with E-state index in [9.17, 15) is 9.59 Å². The number of esters is 2. The zero-order valence-electron chi connectivity index (χ0n) is 44.0. The van der Waals surface area contributed by atoms with Crippen molar-refractivity contribution in [1.82, 2.24) is 0 Å². The van der Waals surface area contributed by atoms with Crippen LogP contribution in [0, 0.1) is 0 Å². The van der Waals surface area contributed by atoms with Gasteiger partial charge < -0.3 is 14.2 Å². The highest BCUT2D eigenvalue weighted by Crippen LogP contribution is 2.15. The third-order valence-electron chi connectivity index (χ3n) is 12.2. The number of carbonyl (C=O) groups excluding carboxylic acids is 2. The van der Waals surface area contributed by atoms with Crippen molar-refractivity contribution in [3.05, 3.63) is 72.9 Å². The van der Waals surface area contributed by atoms with Crippen molar-refractivity contribution in [2.24, 2.45) is 0 Å². The van der Waals surface area contributed by atoms with Gasteiger partial charge in [-0.25, -0.2) is 0 Å². The standard InChI is InChI=1S/C61H108O5/c1-4-7-10-13-16-19-22-25-28-31-33-36-39-42-45-48-51-54-60(62)65-58-59(57-64-56-53-50-47-44-41-38-35-30-27-24-21-18-15-12-9-6-3)66-61(63)55-52-49-46-43-40-37-34-32-29-26-23-20-17-14-11-8-5-2/h7,10,16,18-19,21,25-30,59H,4-6,8-9,11-15,17,20,22-24,31-58H2,1-3H3/b10-7-,19-16-,21-18-,28-25-,29-26-,30-27-. The predicted octanol–water partition coefficient (Wildman–Crippen LogP) is 19.5. The van der Waals surface area contributed by atoms with Crippen molar-refractivity contribution in [3.63, 3.8) is 0 Å². The maximum Gasteiger partial charge on any atom is 0.306 e. The highest BCUT2D eigenvalue weighted by molar-refractivity contribution is 5.70. The fourth-order valence-corrected chi connectivity index (χ4v) is 7.96. The fraction of sp³-hybridized carbons (Fsp3) is 0.770. The Bertz CT molecular complexity index is 1180. The second-order valence-corrected chi connectivity index (χ2v) is 18.8. The first-order valence-electron chi connectivity index (χ1n) is 28.5. The molecule has 0 radical (unpaired) electrons. The minimum Gasteiger partial charge on any atom is -0.462 e. The van der Waals surface area contributed by atoms with E-state index in [-0.39, 0.29) is 25.2 Å². The summed E-state index contributed by atoms with van der Waals surface area (Å²) in [6, 6.07) is 0. The number of hydrogen-bond acceptors (Lipinski definition) is 5. The van der Waals surface area contributed by atoms with Crippen LogP contribution in [0.4, 0.5) is 0 Å². The van der Waals surface area contributed by atoms with E-state index in [0.29, 0.717) is 19.4 Å². The molecule has 0 saturated carbocycles. The van der Waals surface area contributed by atoms with E-state index in [4.69, 9.17) is 14.2 Å². The monoisotopic (exact) mass is 921 g/mol. The first kappa shape index (κ1) is 63.3. The lowest BCUT2D eigenvalue weighted by atomic mass is 10.1. The Morgan fingerprint density at radius 1 is 0.348 bits per heavy atom. The molecule has 0 aromatic heterocycles. The summed E-state index contributed by atoms with van der Waals surface area (Å²) in [5, 5.41) is 0. The Kier molecular flexibility index (Phi) is 54.4. The van der Waals surface area contributed by atoms with E-state index in [0.717, 1.165) is 83.5 Å². The molecule has 0 spiro atoms. The van der Waals surface area contributed by atoms with Gasteiger partial charge in [-0.3, -0.25) is 9.59 Å². The SMILES string of the molecule is CC/C=C\C/C=C\C/C=C\CCCCCCCCCC(=O)OCC(COCCCCCCCC/C=C\C/C=C\CCCCC)OC(=O)CCCCCCCCC/C=C\CCCCCCCC. The molecule has 5 heteroatoms. The molecule has 0 aliphatic heterocycles. The number of allylic oxidation sites excluding steroid dienone is 12. The Labute approximate surface area is 410 Å². The molecule has 0 bridgehead atoms. The van der Waals surface area contributed by atoms with Crippen LogP contribution >= 0.6 is 0 Å². The second-order valence-electron chi connectivity index (χ2n) is 18.8. The van der Waals surface area contributed by atoms with Gasteiger partial charge in [0, 0.05) is 19.4 Å². The molecule has 0 N–H and O–H groups in total. The summed E-state index contributed by atoms with van der Waals surface area (Å²) in [4.78, 5) is 25.5. The first-order chi connectivity index (χ1) is 32.6. The second kappa shape index (κ2) is 56.7. The van der Waals surface area contributed by atoms with E-state index < -0.39 is 6.10 Å². The average Bonchev–Trinajstić information content (AvgIpc) is 3.32. The van der Waals surface area contributed by atoms with Crippen molar-refractivity contribution in [2.45, 2.75) is 284 Å². The van der Waals surface area contributed by atoms with E-state index in [1.165, 1.54) is 161 Å². The molecule has 0 heterocycles. The van der Waals surface area contributed by atoms with Crippen molar-refractivity contribution in [3.8, 4) is 0 Å². The molecule has 0 aliphatic rings. The van der Waals surface area contributed by atoms with Crippen LogP contribution in [-0.4, -0.2) is 37.9 Å². The van der Waals surface area contributed by atoms with Gasteiger partial charge >= 0.3 is 11.9 Å². The van der Waals surface area contributed by atoms with Gasteiger partial charge in [-0.15, -0.1) is 0 Å². The normalized spacial score (nSPS) is 12.7. The van der Waals surface area contributed by atoms with Crippen molar-refractivity contribution in [2.75, 3.05) is 19.8 Å². The third-order valence-corrected chi connectivity index (χ3v) is 12.2. The number of carbonyl (C=O) groups is 2. The Hall–Kier alpha value is -2.66. The minimum absolute atomic E-state index is 0.0730. The molecule has 0 saturated heterocycles. The molecule has 0 rings (SSSR count). The molecule has 382 valence electrons. The molecule has 0 fully saturated rings. The van der Waals surface area contributed by atoms with Crippen LogP contribution < -0.4 is 0 Å². The maximum absolute atomic E-state index is 12.9. The van der Waals surface area contributed by atoms with Crippen LogP contribution in [0.15, 0.2) is 72.9 Å². The topological polar surface area (TPSA) is 61.8 Å². The van der Waals surface area contributed by atoms with Crippen LogP contribution in [0.5, 0.6) is 0 Å². The van der Waals surface area contributed by atoms with Gasteiger partial charge in [0.1, 0.15) is 6.61 Å². The summed E-state index contributed by atoms with van der Waals surface area (Å²) >= 11 is 0. The molecule has 0 aromatic rings. The van der Waals surface area contributed by atoms with E-state index in [1.807, 2.05) is 0 Å². The lowest BCUT2D eigenvalue weighted by Crippen LogP contribution is -2.30. The number of hydrogen-bond donors (Lipinski definition) is 0. The summed E-state index contributed by atoms with van der Waals surface area (Å²) in [7, 11) is 0. The molecule has 0 aliphatic carbocycles. The molecule has 1 unspecified atom stereocenters. The van der Waals surface area contributed by atoms with Crippen molar-refractivity contribution >= 4 is 11.9 Å². The van der Waals surface area contributed by atoms with E-state index in [2.05, 4.69) is 93.7 Å². The highest BCUT2D eigenvalue weighted by Gasteiger charge is 2.17. The van der Waals surface area contributed by atoms with Crippen molar-refractivity contribution in [1.29, 1.82) is 0 Å². The molecular weight excluding hydrogens is 813 g/mol. The minimum atomic E-state index is -0.551. The van der Waals surface area contributed by atoms with Gasteiger partial charge in [-0.2, -0.15) is 0 Å². The lowest BCUT2D eigenvalue weighted by Gasteiger charge is -2.18. The molecule has 5 nitrogen and oxygen atoms in total.